The Morgan fingerprint density at radius 3 is 1.76 bits per heavy atom. The van der Waals surface area contributed by atoms with Gasteiger partial charge in [0.15, 0.2) is 0 Å². The van der Waals surface area contributed by atoms with Gasteiger partial charge in [0, 0.05) is 6.61 Å². The van der Waals surface area contributed by atoms with Crippen molar-refractivity contribution >= 4 is 0 Å². The van der Waals surface area contributed by atoms with Crippen molar-refractivity contribution < 1.29 is 24.4 Å². The van der Waals surface area contributed by atoms with Gasteiger partial charge in [-0.3, -0.25) is 0 Å². The van der Waals surface area contributed by atoms with E-state index in [9.17, 15) is 10.2 Å². The molecule has 0 spiro atoms. The van der Waals surface area contributed by atoms with Crippen molar-refractivity contribution in [2.45, 2.75) is 135 Å². The monoisotopic (exact) mass is 472 g/mol. The molecule has 0 aliphatic rings. The van der Waals surface area contributed by atoms with E-state index in [1.54, 1.807) is 6.26 Å². The van der Waals surface area contributed by atoms with Crippen LogP contribution >= 0.6 is 0 Å². The molecule has 198 valence electrons. The second-order valence-corrected chi connectivity index (χ2v) is 9.31. The van der Waals surface area contributed by atoms with Crippen LogP contribution < -0.4 is 0 Å². The third-order valence-electron chi connectivity index (χ3n) is 5.87. The summed E-state index contributed by atoms with van der Waals surface area (Å²) in [5.41, 5.74) is 0. The molecule has 0 radical (unpaired) electrons. The number of rotatable bonds is 27. The first-order chi connectivity index (χ1) is 16.2. The molecule has 0 amide bonds. The van der Waals surface area contributed by atoms with Gasteiger partial charge in [-0.15, -0.1) is 0 Å². The van der Waals surface area contributed by atoms with Gasteiger partial charge in [-0.05, 0) is 25.3 Å². The molecule has 2 N–H and O–H groups in total. The number of aliphatic hydroxyl groups excluding tert-OH is 2. The summed E-state index contributed by atoms with van der Waals surface area (Å²) in [7, 11) is 0. The van der Waals surface area contributed by atoms with Gasteiger partial charge in [0.25, 0.3) is 0 Å². The van der Waals surface area contributed by atoms with Gasteiger partial charge in [0.05, 0.1) is 26.1 Å². The summed E-state index contributed by atoms with van der Waals surface area (Å²) in [5.74, 6) is 0. The van der Waals surface area contributed by atoms with Crippen LogP contribution in [0.2, 0.25) is 0 Å². The Labute approximate surface area is 205 Å². The lowest BCUT2D eigenvalue weighted by molar-refractivity contribution is -0.0654. The highest BCUT2D eigenvalue weighted by Crippen LogP contribution is 2.13. The molecule has 0 saturated heterocycles. The molecule has 0 bridgehead atoms. The standard InChI is InChI=1S/C28H56O5/c1-3-5-7-8-9-10-11-12-13-14-15-16-17-18-19-20-21-31-24-27(30)25-32-26-28(23-29)33-22-6-4-2/h20-21,27-30H,3-19,22-26H2,1-2H3. The molecule has 0 rings (SSSR count). The van der Waals surface area contributed by atoms with E-state index in [-0.39, 0.29) is 32.5 Å². The summed E-state index contributed by atoms with van der Waals surface area (Å²) >= 11 is 0. The first-order valence-corrected chi connectivity index (χ1v) is 14.0. The predicted molar refractivity (Wildman–Crippen MR) is 139 cm³/mol. The fourth-order valence-corrected chi connectivity index (χ4v) is 3.69. The van der Waals surface area contributed by atoms with Crippen LogP contribution in [0.15, 0.2) is 12.3 Å². The average molecular weight is 473 g/mol. The fourth-order valence-electron chi connectivity index (χ4n) is 3.69. The zero-order valence-electron chi connectivity index (χ0n) is 22.0. The number of hydrogen-bond donors (Lipinski definition) is 2. The molecule has 0 aromatic heterocycles. The van der Waals surface area contributed by atoms with Gasteiger partial charge in [-0.2, -0.15) is 0 Å². The first kappa shape index (κ1) is 32.4. The minimum Gasteiger partial charge on any atom is -0.499 e. The summed E-state index contributed by atoms with van der Waals surface area (Å²) in [6.45, 7) is 5.61. The molecule has 0 heterocycles. The second-order valence-electron chi connectivity index (χ2n) is 9.31. The third-order valence-corrected chi connectivity index (χ3v) is 5.87. The smallest absolute Gasteiger partial charge is 0.115 e. The largest absolute Gasteiger partial charge is 0.499 e. The maximum absolute atomic E-state index is 9.90. The topological polar surface area (TPSA) is 68.2 Å². The van der Waals surface area contributed by atoms with E-state index in [2.05, 4.69) is 13.8 Å². The molecule has 0 aromatic carbocycles. The van der Waals surface area contributed by atoms with Crippen LogP contribution in [0.25, 0.3) is 0 Å². The number of unbranched alkanes of at least 4 members (excludes halogenated alkanes) is 15. The van der Waals surface area contributed by atoms with E-state index < -0.39 is 6.10 Å². The number of ether oxygens (including phenoxy) is 3. The fraction of sp³-hybridized carbons (Fsp3) is 0.929. The Bertz CT molecular complexity index is 388. The van der Waals surface area contributed by atoms with Crippen LogP contribution in [-0.4, -0.2) is 55.5 Å². The van der Waals surface area contributed by atoms with Gasteiger partial charge >= 0.3 is 0 Å². The molecule has 5 nitrogen and oxygen atoms in total. The van der Waals surface area contributed by atoms with Gasteiger partial charge in [0.2, 0.25) is 0 Å². The highest BCUT2D eigenvalue weighted by molar-refractivity contribution is 4.74. The lowest BCUT2D eigenvalue weighted by atomic mass is 10.0. The molecule has 2 unspecified atom stereocenters. The van der Waals surface area contributed by atoms with E-state index in [1.165, 1.54) is 89.9 Å². The molecule has 2 atom stereocenters. The molecule has 0 aliphatic carbocycles. The van der Waals surface area contributed by atoms with Crippen molar-refractivity contribution in [2.75, 3.05) is 33.0 Å². The number of hydrogen-bond acceptors (Lipinski definition) is 5. The molecule has 0 fully saturated rings. The first-order valence-electron chi connectivity index (χ1n) is 14.0. The van der Waals surface area contributed by atoms with Crippen LogP contribution in [0.4, 0.5) is 0 Å². The highest BCUT2D eigenvalue weighted by atomic mass is 16.5. The molecule has 0 aromatic rings. The zero-order chi connectivity index (χ0) is 24.2. The molecule has 0 saturated carbocycles. The number of allylic oxidation sites excluding steroid dienone is 1. The molecule has 5 heteroatoms. The van der Waals surface area contributed by atoms with E-state index in [1.807, 2.05) is 6.08 Å². The maximum Gasteiger partial charge on any atom is 0.115 e. The van der Waals surface area contributed by atoms with Crippen LogP contribution in [0.5, 0.6) is 0 Å². The average Bonchev–Trinajstić information content (AvgIpc) is 2.82. The Morgan fingerprint density at radius 1 is 0.667 bits per heavy atom. The normalized spacial score (nSPS) is 13.6. The summed E-state index contributed by atoms with van der Waals surface area (Å²) < 4.78 is 16.3. The molecular weight excluding hydrogens is 416 g/mol. The Kier molecular flexibility index (Phi) is 27.1. The van der Waals surface area contributed by atoms with Crippen LogP contribution in [0.1, 0.15) is 123 Å². The van der Waals surface area contributed by atoms with Crippen LogP contribution in [-0.2, 0) is 14.2 Å². The van der Waals surface area contributed by atoms with Crippen molar-refractivity contribution in [2.24, 2.45) is 0 Å². The molecule has 33 heavy (non-hydrogen) atoms. The van der Waals surface area contributed by atoms with E-state index in [0.29, 0.717) is 6.61 Å². The number of aliphatic hydroxyl groups is 2. The van der Waals surface area contributed by atoms with E-state index in [4.69, 9.17) is 14.2 Å². The Hall–Kier alpha value is -0.620. The van der Waals surface area contributed by atoms with Crippen molar-refractivity contribution in [1.82, 2.24) is 0 Å². The van der Waals surface area contributed by atoms with Crippen molar-refractivity contribution in [3.8, 4) is 0 Å². The van der Waals surface area contributed by atoms with Gasteiger partial charge in [-0.25, -0.2) is 0 Å². The lowest BCUT2D eigenvalue weighted by Crippen LogP contribution is -2.28. The van der Waals surface area contributed by atoms with E-state index in [0.717, 1.165) is 19.3 Å². The summed E-state index contributed by atoms with van der Waals surface area (Å²) in [6, 6.07) is 0. The quantitative estimate of drug-likeness (QED) is 0.100. The molecule has 0 aliphatic heterocycles. The summed E-state index contributed by atoms with van der Waals surface area (Å²) in [5, 5.41) is 19.2. The second kappa shape index (κ2) is 27.6. The molecular formula is C28H56O5. The SMILES string of the molecule is CCCCCCCCCCCCCCCCC=COCC(O)COCC(CO)OCCCC. The van der Waals surface area contributed by atoms with Crippen LogP contribution in [0, 0.1) is 0 Å². The van der Waals surface area contributed by atoms with Crippen LogP contribution in [0.3, 0.4) is 0 Å². The minimum atomic E-state index is -0.675. The van der Waals surface area contributed by atoms with Gasteiger partial charge in [-0.1, -0.05) is 104 Å². The zero-order valence-corrected chi connectivity index (χ0v) is 22.0. The predicted octanol–water partition coefficient (Wildman–Crippen LogP) is 6.94. The summed E-state index contributed by atoms with van der Waals surface area (Å²) in [4.78, 5) is 0. The summed E-state index contributed by atoms with van der Waals surface area (Å²) in [6.07, 6.45) is 25.1. The lowest BCUT2D eigenvalue weighted by Gasteiger charge is -2.17. The maximum atomic E-state index is 9.90. The van der Waals surface area contributed by atoms with Crippen molar-refractivity contribution in [3.63, 3.8) is 0 Å². The van der Waals surface area contributed by atoms with E-state index >= 15 is 0 Å². The highest BCUT2D eigenvalue weighted by Gasteiger charge is 2.10. The van der Waals surface area contributed by atoms with Gasteiger partial charge in [0.1, 0.15) is 18.8 Å². The van der Waals surface area contributed by atoms with Gasteiger partial charge < -0.3 is 24.4 Å². The third kappa shape index (κ3) is 25.8. The Morgan fingerprint density at radius 2 is 1.21 bits per heavy atom. The van der Waals surface area contributed by atoms with Crippen molar-refractivity contribution in [1.29, 1.82) is 0 Å². The minimum absolute atomic E-state index is 0.0711. The Balaban J connectivity index is 3.34. The van der Waals surface area contributed by atoms with Crippen molar-refractivity contribution in [3.05, 3.63) is 12.3 Å².